The second-order valence-corrected chi connectivity index (χ2v) is 1.13. The number of aromatic nitrogens is 3. The van der Waals surface area contributed by atoms with Gasteiger partial charge >= 0.3 is 0 Å². The molecule has 50 valence electrons. The van der Waals surface area contributed by atoms with Crippen molar-refractivity contribution in [2.75, 3.05) is 0 Å². The average Bonchev–Trinajstić information content (AvgIpc) is 1.93. The highest BCUT2D eigenvalue weighted by Crippen LogP contribution is 1.66. The molecule has 1 rings (SSSR count). The summed E-state index contributed by atoms with van der Waals surface area (Å²) in [7, 11) is -1.50. The van der Waals surface area contributed by atoms with Crippen LogP contribution in [0.4, 0.5) is 0 Å². The first-order valence-corrected chi connectivity index (χ1v) is 3.06. The molecule has 0 spiro atoms. The molecule has 0 fully saturated rings. The summed E-state index contributed by atoms with van der Waals surface area (Å²) in [5.41, 5.74) is 0. The first kappa shape index (κ1) is 8.20. The minimum absolute atomic E-state index is 1.50. The Bertz CT molecular complexity index is 120. The van der Waals surface area contributed by atoms with Crippen LogP contribution < -0.4 is 0 Å². The van der Waals surface area contributed by atoms with Gasteiger partial charge in [-0.15, -0.1) is 10.2 Å². The normalized spacial score (nSPS) is 8.56. The molecule has 6 heteroatoms. The fraction of sp³-hybridized carbons (Fsp3) is 0. The van der Waals surface area contributed by atoms with Crippen molar-refractivity contribution in [3.8, 4) is 0 Å². The van der Waals surface area contributed by atoms with Crippen molar-refractivity contribution < 1.29 is 9.46 Å². The molecule has 0 saturated heterocycles. The Hall–Kier alpha value is -0.800. The molecule has 0 aliphatic carbocycles. The summed E-state index contributed by atoms with van der Waals surface area (Å²) in [6.07, 6.45) is 3.15. The van der Waals surface area contributed by atoms with Gasteiger partial charge in [0, 0.05) is 0 Å². The lowest BCUT2D eigenvalue weighted by atomic mass is 10.7. The van der Waals surface area contributed by atoms with Crippen molar-refractivity contribution in [2.24, 2.45) is 0 Å². The molecule has 9 heavy (non-hydrogen) atoms. The molecule has 0 saturated carbocycles. The van der Waals surface area contributed by atoms with E-state index in [9.17, 15) is 0 Å². The van der Waals surface area contributed by atoms with Gasteiger partial charge in [-0.25, -0.2) is 0 Å². The number of rotatable bonds is 0. The van der Waals surface area contributed by atoms with Gasteiger partial charge in [-0.05, 0) is 11.3 Å². The Morgan fingerprint density at radius 1 is 1.33 bits per heavy atom. The topological polar surface area (TPSA) is 76.0 Å². The van der Waals surface area contributed by atoms with E-state index in [2.05, 4.69) is 15.4 Å². The molecule has 0 aromatic carbocycles. The van der Waals surface area contributed by atoms with E-state index >= 15 is 0 Å². The van der Waals surface area contributed by atoms with Gasteiger partial charge in [-0.1, -0.05) is 0 Å². The standard InChI is InChI=1S/C3H3N3.H3O2P/c1-2-4-6-5-3-1;1-3-2/h1-3H;3H2,(H,1,2). The molecule has 0 aliphatic rings. The molecule has 1 N–H and O–H groups in total. The Labute approximate surface area is 53.0 Å². The summed E-state index contributed by atoms with van der Waals surface area (Å²) in [5.74, 6) is 0. The Morgan fingerprint density at radius 2 is 1.78 bits per heavy atom. The lowest BCUT2D eigenvalue weighted by Gasteiger charge is -1.68. The van der Waals surface area contributed by atoms with E-state index in [4.69, 9.17) is 9.46 Å². The number of nitrogens with zero attached hydrogens (tertiary/aromatic N) is 3. The van der Waals surface area contributed by atoms with E-state index in [1.54, 1.807) is 18.5 Å². The van der Waals surface area contributed by atoms with Crippen molar-refractivity contribution in [1.29, 1.82) is 0 Å². The predicted molar refractivity (Wildman–Crippen MR) is 32.4 cm³/mol. The predicted octanol–water partition coefficient (Wildman–Crippen LogP) is -0.478. The Kier molecular flexibility index (Phi) is 6.56. The molecule has 0 bridgehead atoms. The molecule has 1 heterocycles. The molecule has 5 nitrogen and oxygen atoms in total. The third kappa shape index (κ3) is 7.20. The smallest absolute Gasteiger partial charge is 0.177 e. The van der Waals surface area contributed by atoms with Crippen molar-refractivity contribution >= 4 is 8.69 Å². The molecular formula is C3H6N3O2P. The number of hydrogen-bond donors (Lipinski definition) is 1. The lowest BCUT2D eigenvalue weighted by Crippen LogP contribution is -1.78. The van der Waals surface area contributed by atoms with Gasteiger partial charge in [-0.2, -0.15) is 0 Å². The summed E-state index contributed by atoms with van der Waals surface area (Å²) in [5, 5.41) is 10.1. The summed E-state index contributed by atoms with van der Waals surface area (Å²) < 4.78 is 8.57. The second-order valence-electron chi connectivity index (χ2n) is 0.916. The maximum Gasteiger partial charge on any atom is 0.177 e. The molecule has 1 unspecified atom stereocenters. The zero-order chi connectivity index (χ0) is 6.95. The van der Waals surface area contributed by atoms with Crippen molar-refractivity contribution in [3.05, 3.63) is 18.5 Å². The summed E-state index contributed by atoms with van der Waals surface area (Å²) in [4.78, 5) is 7.10. The lowest BCUT2D eigenvalue weighted by molar-refractivity contribution is 0.524. The molecule has 1 aromatic heterocycles. The van der Waals surface area contributed by atoms with Crippen LogP contribution in [0.25, 0.3) is 0 Å². The van der Waals surface area contributed by atoms with Crippen LogP contribution in [0.2, 0.25) is 0 Å². The zero-order valence-corrected chi connectivity index (χ0v) is 5.66. The molecule has 1 atom stereocenters. The van der Waals surface area contributed by atoms with Gasteiger partial charge in [-0.3, -0.25) is 4.57 Å². The first-order valence-electron chi connectivity index (χ1n) is 2.08. The third-order valence-corrected chi connectivity index (χ3v) is 0.409. The molecule has 0 radical (unpaired) electrons. The monoisotopic (exact) mass is 147 g/mol. The van der Waals surface area contributed by atoms with Gasteiger partial charge in [0.15, 0.2) is 8.69 Å². The van der Waals surface area contributed by atoms with Gasteiger partial charge in [0.2, 0.25) is 0 Å². The van der Waals surface area contributed by atoms with Crippen LogP contribution in [0.5, 0.6) is 0 Å². The van der Waals surface area contributed by atoms with Crippen LogP contribution in [0.1, 0.15) is 0 Å². The minimum atomic E-state index is -1.50. The molecule has 0 amide bonds. The minimum Gasteiger partial charge on any atom is -0.348 e. The van der Waals surface area contributed by atoms with Crippen LogP contribution in [-0.4, -0.2) is 20.3 Å². The fourth-order valence-corrected chi connectivity index (χ4v) is 0.205. The van der Waals surface area contributed by atoms with Crippen molar-refractivity contribution in [1.82, 2.24) is 15.4 Å². The van der Waals surface area contributed by atoms with E-state index < -0.39 is 8.69 Å². The maximum atomic E-state index is 8.57. The summed E-state index contributed by atoms with van der Waals surface area (Å²) >= 11 is 0. The van der Waals surface area contributed by atoms with Gasteiger partial charge in [0.25, 0.3) is 0 Å². The third-order valence-electron chi connectivity index (χ3n) is 0.409. The van der Waals surface area contributed by atoms with Gasteiger partial charge in [0.1, 0.15) is 0 Å². The Balaban J connectivity index is 0.000000187. The average molecular weight is 147 g/mol. The molecule has 0 aliphatic heterocycles. The maximum absolute atomic E-state index is 8.57. The van der Waals surface area contributed by atoms with E-state index in [0.717, 1.165) is 0 Å². The quantitative estimate of drug-likeness (QED) is 0.501. The van der Waals surface area contributed by atoms with Crippen LogP contribution in [-0.2, 0) is 4.57 Å². The van der Waals surface area contributed by atoms with Gasteiger partial charge in [0.05, 0.1) is 12.4 Å². The highest BCUT2D eigenvalue weighted by molar-refractivity contribution is 7.16. The van der Waals surface area contributed by atoms with E-state index in [0.29, 0.717) is 0 Å². The molecular weight excluding hydrogens is 141 g/mol. The van der Waals surface area contributed by atoms with Gasteiger partial charge < -0.3 is 4.89 Å². The SMILES string of the molecule is O=[PH2]O.c1cnnnc1. The number of hydrogen-bond acceptors (Lipinski definition) is 4. The van der Waals surface area contributed by atoms with Crippen LogP contribution in [0, 0.1) is 0 Å². The molecule has 1 aromatic rings. The largest absolute Gasteiger partial charge is 0.348 e. The van der Waals surface area contributed by atoms with E-state index in [-0.39, 0.29) is 0 Å². The van der Waals surface area contributed by atoms with Crippen LogP contribution in [0.15, 0.2) is 18.5 Å². The zero-order valence-electron chi connectivity index (χ0n) is 4.51. The van der Waals surface area contributed by atoms with E-state index in [1.807, 2.05) is 0 Å². The highest BCUT2D eigenvalue weighted by atomic mass is 31.1. The van der Waals surface area contributed by atoms with Crippen molar-refractivity contribution in [2.45, 2.75) is 0 Å². The Morgan fingerprint density at radius 3 is 1.89 bits per heavy atom. The summed E-state index contributed by atoms with van der Waals surface area (Å²) in [6.45, 7) is 0. The second kappa shape index (κ2) is 7.20. The first-order chi connectivity index (χ1) is 4.41. The van der Waals surface area contributed by atoms with Crippen molar-refractivity contribution in [3.63, 3.8) is 0 Å². The van der Waals surface area contributed by atoms with Crippen LogP contribution in [0.3, 0.4) is 0 Å². The van der Waals surface area contributed by atoms with Crippen LogP contribution >= 0.6 is 8.69 Å². The highest BCUT2D eigenvalue weighted by Gasteiger charge is 1.60. The van der Waals surface area contributed by atoms with E-state index in [1.165, 1.54) is 0 Å². The summed E-state index contributed by atoms with van der Waals surface area (Å²) in [6, 6.07) is 1.72. The fourth-order valence-electron chi connectivity index (χ4n) is 0.205.